The SMILES string of the molecule is Cn1nccc1-c1c(O)c(C2(F)CC2)cc(Cl)c1F. The normalized spacial score (nSPS) is 16.6. The van der Waals surface area contributed by atoms with Crippen molar-refractivity contribution >= 4 is 11.6 Å². The lowest BCUT2D eigenvalue weighted by Gasteiger charge is -2.14. The molecule has 1 aromatic carbocycles. The number of aromatic hydroxyl groups is 1. The Kier molecular flexibility index (Phi) is 2.57. The number of hydrogen-bond acceptors (Lipinski definition) is 2. The van der Waals surface area contributed by atoms with Crippen molar-refractivity contribution in [2.45, 2.75) is 18.5 Å². The number of alkyl halides is 1. The van der Waals surface area contributed by atoms with Crippen LogP contribution in [0.15, 0.2) is 18.3 Å². The smallest absolute Gasteiger partial charge is 0.154 e. The zero-order valence-corrected chi connectivity index (χ0v) is 10.9. The molecule has 0 bridgehead atoms. The van der Waals surface area contributed by atoms with Gasteiger partial charge in [-0.3, -0.25) is 4.68 Å². The summed E-state index contributed by atoms with van der Waals surface area (Å²) >= 11 is 5.81. The lowest BCUT2D eigenvalue weighted by atomic mass is 10.0. The number of aromatic nitrogens is 2. The van der Waals surface area contributed by atoms with Crippen LogP contribution in [0.25, 0.3) is 11.3 Å². The van der Waals surface area contributed by atoms with Crippen LogP contribution in [0.5, 0.6) is 5.75 Å². The van der Waals surface area contributed by atoms with Crippen LogP contribution in [0.4, 0.5) is 8.78 Å². The fourth-order valence-electron chi connectivity index (χ4n) is 2.19. The van der Waals surface area contributed by atoms with Crippen LogP contribution >= 0.6 is 11.6 Å². The molecule has 19 heavy (non-hydrogen) atoms. The summed E-state index contributed by atoms with van der Waals surface area (Å²) in [5.41, 5.74) is -1.29. The number of hydrogen-bond donors (Lipinski definition) is 1. The monoisotopic (exact) mass is 284 g/mol. The van der Waals surface area contributed by atoms with E-state index in [1.54, 1.807) is 7.05 Å². The van der Waals surface area contributed by atoms with Gasteiger partial charge in [0, 0.05) is 18.8 Å². The number of halogens is 3. The minimum Gasteiger partial charge on any atom is -0.507 e. The molecular weight excluding hydrogens is 274 g/mol. The van der Waals surface area contributed by atoms with Crippen molar-refractivity contribution in [3.63, 3.8) is 0 Å². The zero-order valence-electron chi connectivity index (χ0n) is 10.1. The summed E-state index contributed by atoms with van der Waals surface area (Å²) in [6.45, 7) is 0. The minimum atomic E-state index is -1.59. The van der Waals surface area contributed by atoms with E-state index in [0.29, 0.717) is 18.5 Å². The van der Waals surface area contributed by atoms with Crippen molar-refractivity contribution in [3.8, 4) is 17.0 Å². The third-order valence-corrected chi connectivity index (χ3v) is 3.72. The van der Waals surface area contributed by atoms with Crippen molar-refractivity contribution in [2.24, 2.45) is 7.05 Å². The highest BCUT2D eigenvalue weighted by Crippen LogP contribution is 2.55. The van der Waals surface area contributed by atoms with Crippen molar-refractivity contribution in [2.75, 3.05) is 0 Å². The fourth-order valence-corrected chi connectivity index (χ4v) is 2.39. The summed E-state index contributed by atoms with van der Waals surface area (Å²) in [6.07, 6.45) is 2.10. The maximum atomic E-state index is 14.2. The van der Waals surface area contributed by atoms with Crippen LogP contribution in [0.1, 0.15) is 18.4 Å². The third-order valence-electron chi connectivity index (χ3n) is 3.44. The molecule has 1 saturated carbocycles. The molecule has 0 aliphatic heterocycles. The maximum absolute atomic E-state index is 14.2. The molecule has 0 radical (unpaired) electrons. The quantitative estimate of drug-likeness (QED) is 0.916. The van der Waals surface area contributed by atoms with E-state index in [4.69, 9.17) is 11.6 Å². The predicted octanol–water partition coefficient (Wildman–Crippen LogP) is 3.54. The number of phenols is 1. The van der Waals surface area contributed by atoms with Gasteiger partial charge in [-0.15, -0.1) is 0 Å². The van der Waals surface area contributed by atoms with E-state index in [1.807, 2.05) is 0 Å². The van der Waals surface area contributed by atoms with Crippen LogP contribution in [-0.4, -0.2) is 14.9 Å². The van der Waals surface area contributed by atoms with Gasteiger partial charge in [0.05, 0.1) is 16.3 Å². The van der Waals surface area contributed by atoms with Gasteiger partial charge in [-0.05, 0) is 25.0 Å². The maximum Gasteiger partial charge on any atom is 0.154 e. The summed E-state index contributed by atoms with van der Waals surface area (Å²) in [6, 6.07) is 2.70. The Balaban J connectivity index is 2.29. The van der Waals surface area contributed by atoms with Gasteiger partial charge in [0.2, 0.25) is 0 Å². The summed E-state index contributed by atoms with van der Waals surface area (Å²) in [4.78, 5) is 0. The molecule has 3 nitrogen and oxygen atoms in total. The predicted molar refractivity (Wildman–Crippen MR) is 67.3 cm³/mol. The Morgan fingerprint density at radius 2 is 2.16 bits per heavy atom. The van der Waals surface area contributed by atoms with E-state index in [1.165, 1.54) is 23.0 Å². The topological polar surface area (TPSA) is 38.0 Å². The van der Waals surface area contributed by atoms with Crippen LogP contribution in [-0.2, 0) is 12.7 Å². The van der Waals surface area contributed by atoms with Gasteiger partial charge < -0.3 is 5.11 Å². The molecule has 1 aliphatic carbocycles. The average Bonchev–Trinajstić information content (AvgIpc) is 2.97. The molecule has 1 fully saturated rings. The van der Waals surface area contributed by atoms with Crippen LogP contribution in [0.2, 0.25) is 5.02 Å². The number of phenolic OH excluding ortho intramolecular Hbond substituents is 1. The third kappa shape index (κ3) is 1.80. The largest absolute Gasteiger partial charge is 0.507 e. The Hall–Kier alpha value is -1.62. The Morgan fingerprint density at radius 1 is 1.47 bits per heavy atom. The summed E-state index contributed by atoms with van der Waals surface area (Å²) in [5.74, 6) is -1.17. The number of rotatable bonds is 2. The molecule has 3 rings (SSSR count). The van der Waals surface area contributed by atoms with E-state index < -0.39 is 17.2 Å². The molecule has 1 N–H and O–H groups in total. The van der Waals surface area contributed by atoms with Crippen LogP contribution in [0, 0.1) is 5.82 Å². The van der Waals surface area contributed by atoms with Crippen molar-refractivity contribution < 1.29 is 13.9 Å². The van der Waals surface area contributed by atoms with Gasteiger partial charge >= 0.3 is 0 Å². The second-order valence-electron chi connectivity index (χ2n) is 4.75. The van der Waals surface area contributed by atoms with E-state index in [0.717, 1.165) is 0 Å². The Labute approximate surface area is 113 Å². The van der Waals surface area contributed by atoms with Gasteiger partial charge in [-0.2, -0.15) is 5.10 Å². The lowest BCUT2D eigenvalue weighted by Crippen LogP contribution is -2.03. The van der Waals surface area contributed by atoms with E-state index >= 15 is 0 Å². The molecule has 0 saturated heterocycles. The first-order valence-electron chi connectivity index (χ1n) is 5.83. The van der Waals surface area contributed by atoms with Crippen molar-refractivity contribution in [1.29, 1.82) is 0 Å². The van der Waals surface area contributed by atoms with E-state index in [-0.39, 0.29) is 16.1 Å². The standard InChI is InChI=1S/C13H11ClF2N2O/c1-18-9(2-5-17-18)10-11(15)8(14)6-7(12(10)19)13(16)3-4-13/h2,5-6,19H,3-4H2,1H3. The Morgan fingerprint density at radius 3 is 2.68 bits per heavy atom. The first-order valence-corrected chi connectivity index (χ1v) is 6.20. The number of benzene rings is 1. The van der Waals surface area contributed by atoms with Crippen molar-refractivity contribution in [1.82, 2.24) is 9.78 Å². The summed E-state index contributed by atoms with van der Waals surface area (Å²) in [7, 11) is 1.61. The van der Waals surface area contributed by atoms with E-state index in [2.05, 4.69) is 5.10 Å². The number of nitrogens with zero attached hydrogens (tertiary/aromatic N) is 2. The van der Waals surface area contributed by atoms with Crippen LogP contribution < -0.4 is 0 Å². The first-order chi connectivity index (χ1) is 8.94. The first kappa shape index (κ1) is 12.4. The number of aryl methyl sites for hydroxylation is 1. The molecule has 1 aliphatic rings. The van der Waals surface area contributed by atoms with Gasteiger partial charge in [-0.1, -0.05) is 11.6 Å². The molecule has 100 valence electrons. The summed E-state index contributed by atoms with van der Waals surface area (Å²) < 4.78 is 29.7. The molecular formula is C13H11ClF2N2O. The molecule has 0 unspecified atom stereocenters. The molecule has 6 heteroatoms. The fraction of sp³-hybridized carbons (Fsp3) is 0.308. The molecule has 0 spiro atoms. The molecule has 2 aromatic rings. The summed E-state index contributed by atoms with van der Waals surface area (Å²) in [5, 5.41) is 13.9. The second kappa shape index (κ2) is 3.93. The Bertz CT molecular complexity index is 665. The van der Waals surface area contributed by atoms with Gasteiger partial charge in [0.15, 0.2) is 5.82 Å². The minimum absolute atomic E-state index is 0.0510. The molecule has 0 amide bonds. The highest BCUT2D eigenvalue weighted by atomic mass is 35.5. The molecule has 0 atom stereocenters. The van der Waals surface area contributed by atoms with Gasteiger partial charge in [-0.25, -0.2) is 8.78 Å². The second-order valence-corrected chi connectivity index (χ2v) is 5.16. The van der Waals surface area contributed by atoms with Gasteiger partial charge in [0.1, 0.15) is 11.4 Å². The van der Waals surface area contributed by atoms with E-state index in [9.17, 15) is 13.9 Å². The van der Waals surface area contributed by atoms with Gasteiger partial charge in [0.25, 0.3) is 0 Å². The highest BCUT2D eigenvalue weighted by molar-refractivity contribution is 6.31. The van der Waals surface area contributed by atoms with Crippen molar-refractivity contribution in [3.05, 3.63) is 34.7 Å². The highest BCUT2D eigenvalue weighted by Gasteiger charge is 2.48. The molecule has 1 heterocycles. The lowest BCUT2D eigenvalue weighted by molar-refractivity contribution is 0.305. The zero-order chi connectivity index (χ0) is 13.8. The molecule has 1 aromatic heterocycles. The van der Waals surface area contributed by atoms with Crippen LogP contribution in [0.3, 0.4) is 0 Å². The average molecular weight is 285 g/mol.